The van der Waals surface area contributed by atoms with Crippen molar-refractivity contribution in [1.29, 1.82) is 0 Å². The zero-order valence-electron chi connectivity index (χ0n) is 19.3. The van der Waals surface area contributed by atoms with Gasteiger partial charge in [-0.2, -0.15) is 0 Å². The van der Waals surface area contributed by atoms with E-state index in [-0.39, 0.29) is 41.2 Å². The maximum atomic E-state index is 11.7. The summed E-state index contributed by atoms with van der Waals surface area (Å²) in [7, 11) is 1.80. The molecule has 0 bridgehead atoms. The fraction of sp³-hybridized carbons (Fsp3) is 0.480. The molecule has 2 heterocycles. The van der Waals surface area contributed by atoms with Gasteiger partial charge in [-0.3, -0.25) is 9.79 Å². The summed E-state index contributed by atoms with van der Waals surface area (Å²) in [5, 5.41) is 7.00. The highest BCUT2D eigenvalue weighted by Crippen LogP contribution is 2.43. The highest BCUT2D eigenvalue weighted by molar-refractivity contribution is 14.0. The molecular weight excluding hydrogens is 527 g/mol. The lowest BCUT2D eigenvalue weighted by Crippen LogP contribution is -2.48. The highest BCUT2D eigenvalue weighted by Gasteiger charge is 2.38. The number of piperidine rings is 1. The standard InChI is InChI=1S/C25H34N6O.HI/c1-27-24(30-18-25(12-7-13-25)21-10-3-2-4-11-21)29-16-19-8-5-14-28-23(19)31-15-6-9-20(17-31)22(26)32;/h2-5,8,10-11,14,20H,6-7,9,12-13,15-18H2,1H3,(H2,26,32)(H2,27,29,30);1H. The molecule has 1 aliphatic carbocycles. The lowest BCUT2D eigenvalue weighted by Gasteiger charge is -2.43. The Labute approximate surface area is 213 Å². The summed E-state index contributed by atoms with van der Waals surface area (Å²) in [4.78, 5) is 22.9. The number of halogens is 1. The van der Waals surface area contributed by atoms with E-state index in [1.807, 2.05) is 6.07 Å². The first kappa shape index (κ1) is 25.3. The lowest BCUT2D eigenvalue weighted by atomic mass is 9.64. The Kier molecular flexibility index (Phi) is 8.94. The molecule has 7 nitrogen and oxygen atoms in total. The number of nitrogens with zero attached hydrogens (tertiary/aromatic N) is 3. The maximum Gasteiger partial charge on any atom is 0.222 e. The molecule has 2 fully saturated rings. The van der Waals surface area contributed by atoms with Crippen molar-refractivity contribution >= 4 is 41.7 Å². The summed E-state index contributed by atoms with van der Waals surface area (Å²) in [5.74, 6) is 1.37. The van der Waals surface area contributed by atoms with Crippen LogP contribution in [0.2, 0.25) is 0 Å². The molecular formula is C25H35IN6O. The molecule has 0 spiro atoms. The minimum Gasteiger partial charge on any atom is -0.369 e. The Morgan fingerprint density at radius 2 is 1.97 bits per heavy atom. The molecule has 1 saturated carbocycles. The van der Waals surface area contributed by atoms with E-state index in [1.54, 1.807) is 13.2 Å². The third kappa shape index (κ3) is 5.96. The second-order valence-corrected chi connectivity index (χ2v) is 8.95. The molecule has 178 valence electrons. The van der Waals surface area contributed by atoms with Crippen molar-refractivity contribution in [2.24, 2.45) is 16.6 Å². The molecule has 0 radical (unpaired) electrons. The monoisotopic (exact) mass is 562 g/mol. The van der Waals surface area contributed by atoms with Crippen LogP contribution in [0.15, 0.2) is 53.7 Å². The number of hydrogen-bond acceptors (Lipinski definition) is 4. The number of nitrogens with one attached hydrogen (secondary N) is 2. The summed E-state index contributed by atoms with van der Waals surface area (Å²) in [6.07, 6.45) is 7.27. The summed E-state index contributed by atoms with van der Waals surface area (Å²) in [5.41, 5.74) is 8.24. The first-order valence-electron chi connectivity index (χ1n) is 11.6. The number of benzene rings is 1. The lowest BCUT2D eigenvalue weighted by molar-refractivity contribution is -0.122. The smallest absolute Gasteiger partial charge is 0.222 e. The Balaban J connectivity index is 0.00000306. The van der Waals surface area contributed by atoms with Crippen LogP contribution in [0.1, 0.15) is 43.2 Å². The van der Waals surface area contributed by atoms with Gasteiger partial charge in [0.2, 0.25) is 5.91 Å². The molecule has 8 heteroatoms. The SMILES string of the molecule is CN=C(NCc1cccnc1N1CCCC(C(N)=O)C1)NCC1(c2ccccc2)CCC1.I. The van der Waals surface area contributed by atoms with E-state index in [4.69, 9.17) is 5.73 Å². The van der Waals surface area contributed by atoms with E-state index in [9.17, 15) is 4.79 Å². The zero-order valence-corrected chi connectivity index (χ0v) is 21.6. The number of hydrogen-bond donors (Lipinski definition) is 3. The Hall–Kier alpha value is -2.36. The summed E-state index contributed by atoms with van der Waals surface area (Å²) < 4.78 is 0. The quantitative estimate of drug-likeness (QED) is 0.274. The molecule has 1 aliphatic heterocycles. The number of primary amides is 1. The fourth-order valence-electron chi connectivity index (χ4n) is 4.87. The zero-order chi connectivity index (χ0) is 22.4. The first-order chi connectivity index (χ1) is 15.6. The number of amides is 1. The minimum absolute atomic E-state index is 0. The summed E-state index contributed by atoms with van der Waals surface area (Å²) in [6.45, 7) is 2.99. The van der Waals surface area contributed by atoms with Gasteiger partial charge in [0.1, 0.15) is 5.82 Å². The molecule has 1 aromatic carbocycles. The van der Waals surface area contributed by atoms with Crippen molar-refractivity contribution in [3.05, 3.63) is 59.8 Å². The van der Waals surface area contributed by atoms with Crippen molar-refractivity contribution in [3.8, 4) is 0 Å². The number of aliphatic imine (C=N–C) groups is 1. The predicted molar refractivity (Wildman–Crippen MR) is 144 cm³/mol. The molecule has 4 rings (SSSR count). The molecule has 2 aliphatic rings. The van der Waals surface area contributed by atoms with Crippen LogP contribution in [0, 0.1) is 5.92 Å². The Bertz CT molecular complexity index is 947. The van der Waals surface area contributed by atoms with Gasteiger partial charge in [-0.1, -0.05) is 42.8 Å². The molecule has 1 atom stereocenters. The number of rotatable bonds is 7. The van der Waals surface area contributed by atoms with Gasteiger partial charge in [0.15, 0.2) is 5.96 Å². The molecule has 1 saturated heterocycles. The average Bonchev–Trinajstić information content (AvgIpc) is 2.81. The van der Waals surface area contributed by atoms with E-state index in [2.05, 4.69) is 61.9 Å². The number of pyridine rings is 1. The molecule has 1 aromatic heterocycles. The third-order valence-electron chi connectivity index (χ3n) is 6.95. The van der Waals surface area contributed by atoms with Crippen LogP contribution in [0.4, 0.5) is 5.82 Å². The van der Waals surface area contributed by atoms with Crippen LogP contribution in [0.3, 0.4) is 0 Å². The van der Waals surface area contributed by atoms with Crippen molar-refractivity contribution in [2.75, 3.05) is 31.6 Å². The largest absolute Gasteiger partial charge is 0.369 e. The maximum absolute atomic E-state index is 11.7. The van der Waals surface area contributed by atoms with Gasteiger partial charge in [0, 0.05) is 50.4 Å². The highest BCUT2D eigenvalue weighted by atomic mass is 127. The third-order valence-corrected chi connectivity index (χ3v) is 6.95. The topological polar surface area (TPSA) is 95.6 Å². The Morgan fingerprint density at radius 3 is 2.64 bits per heavy atom. The molecule has 1 unspecified atom stereocenters. The fourth-order valence-corrected chi connectivity index (χ4v) is 4.87. The van der Waals surface area contributed by atoms with Gasteiger partial charge in [-0.05, 0) is 37.3 Å². The van der Waals surface area contributed by atoms with E-state index >= 15 is 0 Å². The van der Waals surface area contributed by atoms with Crippen LogP contribution < -0.4 is 21.3 Å². The molecule has 1 amide bonds. The number of anilines is 1. The second kappa shape index (κ2) is 11.7. The van der Waals surface area contributed by atoms with Gasteiger partial charge in [-0.15, -0.1) is 24.0 Å². The summed E-state index contributed by atoms with van der Waals surface area (Å²) >= 11 is 0. The van der Waals surface area contributed by atoms with Gasteiger partial charge in [0.25, 0.3) is 0 Å². The molecule has 33 heavy (non-hydrogen) atoms. The first-order valence-corrected chi connectivity index (χ1v) is 11.6. The van der Waals surface area contributed by atoms with Crippen molar-refractivity contribution in [1.82, 2.24) is 15.6 Å². The van der Waals surface area contributed by atoms with Crippen molar-refractivity contribution in [3.63, 3.8) is 0 Å². The summed E-state index contributed by atoms with van der Waals surface area (Å²) in [6, 6.07) is 14.8. The molecule has 4 N–H and O–H groups in total. The van der Waals surface area contributed by atoms with E-state index in [1.165, 1.54) is 24.8 Å². The number of nitrogens with two attached hydrogens (primary N) is 1. The predicted octanol–water partition coefficient (Wildman–Crippen LogP) is 3.19. The van der Waals surface area contributed by atoms with Crippen LogP contribution in [0.25, 0.3) is 0 Å². The Morgan fingerprint density at radius 1 is 1.18 bits per heavy atom. The van der Waals surface area contributed by atoms with Gasteiger partial charge < -0.3 is 21.3 Å². The van der Waals surface area contributed by atoms with Crippen molar-refractivity contribution < 1.29 is 4.79 Å². The van der Waals surface area contributed by atoms with E-state index in [0.717, 1.165) is 43.3 Å². The number of aromatic nitrogens is 1. The van der Waals surface area contributed by atoms with Crippen LogP contribution in [-0.4, -0.2) is 43.5 Å². The minimum atomic E-state index is -0.224. The van der Waals surface area contributed by atoms with Crippen LogP contribution in [0.5, 0.6) is 0 Å². The number of carbonyl (C=O) groups excluding carboxylic acids is 1. The van der Waals surface area contributed by atoms with Gasteiger partial charge in [0.05, 0.1) is 5.92 Å². The second-order valence-electron chi connectivity index (χ2n) is 8.95. The van der Waals surface area contributed by atoms with Crippen LogP contribution in [-0.2, 0) is 16.8 Å². The molecule has 2 aromatic rings. The van der Waals surface area contributed by atoms with E-state index < -0.39 is 0 Å². The van der Waals surface area contributed by atoms with Crippen molar-refractivity contribution in [2.45, 2.75) is 44.1 Å². The van der Waals surface area contributed by atoms with E-state index in [0.29, 0.717) is 13.1 Å². The average molecular weight is 563 g/mol. The van der Waals surface area contributed by atoms with Gasteiger partial charge in [-0.25, -0.2) is 4.98 Å². The van der Waals surface area contributed by atoms with Gasteiger partial charge >= 0.3 is 0 Å². The number of carbonyl (C=O) groups is 1. The normalized spacial score (nSPS) is 19.7. The van der Waals surface area contributed by atoms with Crippen LogP contribution >= 0.6 is 24.0 Å². The number of guanidine groups is 1.